The van der Waals surface area contributed by atoms with Gasteiger partial charge in [0.1, 0.15) is 24.2 Å². The van der Waals surface area contributed by atoms with Crippen LogP contribution in [0.2, 0.25) is 0 Å². The molecule has 2 aromatic rings. The Morgan fingerprint density at radius 1 is 0.950 bits per heavy atom. The van der Waals surface area contributed by atoms with Crippen molar-refractivity contribution in [2.75, 3.05) is 6.61 Å². The van der Waals surface area contributed by atoms with E-state index in [0.29, 0.717) is 5.75 Å². The number of aliphatic hydroxyl groups excluding tert-OH is 1. The summed E-state index contributed by atoms with van der Waals surface area (Å²) in [6, 6.07) is 17.0. The van der Waals surface area contributed by atoms with Crippen LogP contribution < -0.4 is 9.47 Å². The van der Waals surface area contributed by atoms with Crippen molar-refractivity contribution < 1.29 is 14.6 Å². The summed E-state index contributed by atoms with van der Waals surface area (Å²) in [6.07, 6.45) is -0.649. The van der Waals surface area contributed by atoms with Gasteiger partial charge in [0.15, 0.2) is 0 Å². The van der Waals surface area contributed by atoms with Crippen LogP contribution in [0.15, 0.2) is 54.6 Å². The Labute approximate surface area is 119 Å². The van der Waals surface area contributed by atoms with E-state index in [2.05, 4.69) is 0 Å². The molecule has 2 aromatic carbocycles. The molecule has 0 aliphatic rings. The number of ether oxygens (including phenoxy) is 2. The van der Waals surface area contributed by atoms with E-state index < -0.39 is 6.10 Å². The minimum Gasteiger partial charge on any atom is -0.491 e. The van der Waals surface area contributed by atoms with E-state index in [-0.39, 0.29) is 12.7 Å². The molecule has 1 N–H and O–H groups in total. The zero-order valence-electron chi connectivity index (χ0n) is 11.8. The molecule has 3 heteroatoms. The molecule has 0 saturated heterocycles. The van der Waals surface area contributed by atoms with Crippen molar-refractivity contribution in [1.82, 2.24) is 0 Å². The molecule has 106 valence electrons. The normalized spacial score (nSPS) is 12.2. The highest BCUT2D eigenvalue weighted by Gasteiger charge is 2.14. The molecule has 1 unspecified atom stereocenters. The van der Waals surface area contributed by atoms with Gasteiger partial charge in [0.05, 0.1) is 6.10 Å². The lowest BCUT2D eigenvalue weighted by Gasteiger charge is -2.18. The number of aliphatic hydroxyl groups is 1. The summed E-state index contributed by atoms with van der Waals surface area (Å²) in [4.78, 5) is 0. The van der Waals surface area contributed by atoms with Crippen LogP contribution in [0.4, 0.5) is 0 Å². The van der Waals surface area contributed by atoms with Crippen LogP contribution in [-0.4, -0.2) is 17.8 Å². The molecule has 3 nitrogen and oxygen atoms in total. The number of para-hydroxylation sites is 2. The maximum absolute atomic E-state index is 10.3. The number of benzene rings is 2. The molecule has 0 fully saturated rings. The predicted octanol–water partition coefficient (Wildman–Crippen LogP) is 3.59. The summed E-state index contributed by atoms with van der Waals surface area (Å²) < 4.78 is 11.3. The van der Waals surface area contributed by atoms with Crippen molar-refractivity contribution in [2.45, 2.75) is 26.1 Å². The Hall–Kier alpha value is -2.00. The number of hydrogen-bond acceptors (Lipinski definition) is 3. The fourth-order valence-electron chi connectivity index (χ4n) is 1.90. The first kappa shape index (κ1) is 14.4. The average Bonchev–Trinajstić information content (AvgIpc) is 2.46. The average molecular weight is 272 g/mol. The van der Waals surface area contributed by atoms with Gasteiger partial charge < -0.3 is 14.6 Å². The minimum atomic E-state index is -0.717. The van der Waals surface area contributed by atoms with Crippen molar-refractivity contribution in [3.8, 4) is 11.5 Å². The van der Waals surface area contributed by atoms with Gasteiger partial charge in [-0.15, -0.1) is 0 Å². The number of hydrogen-bond donors (Lipinski definition) is 1. The van der Waals surface area contributed by atoms with E-state index >= 15 is 0 Å². The quantitative estimate of drug-likeness (QED) is 0.873. The molecule has 1 atom stereocenters. The third-order valence-corrected chi connectivity index (χ3v) is 2.79. The molecule has 20 heavy (non-hydrogen) atoms. The fourth-order valence-corrected chi connectivity index (χ4v) is 1.90. The van der Waals surface area contributed by atoms with E-state index in [1.165, 1.54) is 0 Å². The first-order valence-electron chi connectivity index (χ1n) is 6.78. The maximum Gasteiger partial charge on any atom is 0.125 e. The van der Waals surface area contributed by atoms with Crippen molar-refractivity contribution in [3.63, 3.8) is 0 Å². The van der Waals surface area contributed by atoms with E-state index in [4.69, 9.17) is 9.47 Å². The second-order valence-corrected chi connectivity index (χ2v) is 4.84. The largest absolute Gasteiger partial charge is 0.491 e. The highest BCUT2D eigenvalue weighted by Crippen LogP contribution is 2.26. The predicted molar refractivity (Wildman–Crippen MR) is 79.1 cm³/mol. The van der Waals surface area contributed by atoms with Crippen molar-refractivity contribution in [2.24, 2.45) is 0 Å². The van der Waals surface area contributed by atoms with Crippen LogP contribution in [-0.2, 0) is 0 Å². The Balaban J connectivity index is 2.03. The molecule has 0 heterocycles. The summed E-state index contributed by atoms with van der Waals surface area (Å²) in [5.74, 6) is 1.44. The van der Waals surface area contributed by atoms with Gasteiger partial charge in [-0.05, 0) is 32.0 Å². The first-order chi connectivity index (χ1) is 9.66. The molecule has 0 spiro atoms. The van der Waals surface area contributed by atoms with Gasteiger partial charge in [0.25, 0.3) is 0 Å². The lowest BCUT2D eigenvalue weighted by atomic mass is 10.1. The van der Waals surface area contributed by atoms with Crippen LogP contribution >= 0.6 is 0 Å². The molecule has 0 radical (unpaired) electrons. The summed E-state index contributed by atoms with van der Waals surface area (Å²) >= 11 is 0. The third-order valence-electron chi connectivity index (χ3n) is 2.79. The van der Waals surface area contributed by atoms with E-state index in [1.807, 2.05) is 68.4 Å². The van der Waals surface area contributed by atoms with Crippen molar-refractivity contribution in [1.29, 1.82) is 0 Å². The van der Waals surface area contributed by atoms with Gasteiger partial charge in [-0.1, -0.05) is 36.4 Å². The topological polar surface area (TPSA) is 38.7 Å². The summed E-state index contributed by atoms with van der Waals surface area (Å²) in [5.41, 5.74) is 0.747. The molecule has 2 rings (SSSR count). The molecule has 0 aliphatic carbocycles. The molecule has 0 aliphatic heterocycles. The monoisotopic (exact) mass is 272 g/mol. The van der Waals surface area contributed by atoms with Crippen LogP contribution in [0.3, 0.4) is 0 Å². The Morgan fingerprint density at radius 3 is 2.30 bits per heavy atom. The lowest BCUT2D eigenvalue weighted by molar-refractivity contribution is 0.103. The molecule has 0 amide bonds. The zero-order valence-corrected chi connectivity index (χ0v) is 11.8. The molecule has 0 saturated carbocycles. The van der Waals surface area contributed by atoms with Gasteiger partial charge in [-0.25, -0.2) is 0 Å². The van der Waals surface area contributed by atoms with Gasteiger partial charge >= 0.3 is 0 Å². The first-order valence-corrected chi connectivity index (χ1v) is 6.78. The van der Waals surface area contributed by atoms with Gasteiger partial charge in [-0.2, -0.15) is 0 Å². The van der Waals surface area contributed by atoms with E-state index in [9.17, 15) is 5.11 Å². The Kier molecular flexibility index (Phi) is 5.02. The van der Waals surface area contributed by atoms with E-state index in [1.54, 1.807) is 0 Å². The second-order valence-electron chi connectivity index (χ2n) is 4.84. The maximum atomic E-state index is 10.3. The van der Waals surface area contributed by atoms with Crippen molar-refractivity contribution >= 4 is 0 Å². The van der Waals surface area contributed by atoms with Crippen LogP contribution in [0.5, 0.6) is 11.5 Å². The fraction of sp³-hybridized carbons (Fsp3) is 0.294. The lowest BCUT2D eigenvalue weighted by Crippen LogP contribution is -2.13. The van der Waals surface area contributed by atoms with Crippen LogP contribution in [0.1, 0.15) is 25.5 Å². The molecule has 0 aromatic heterocycles. The SMILES string of the molecule is CC(C)Oc1ccccc1C(O)COc1ccccc1. The van der Waals surface area contributed by atoms with Crippen LogP contribution in [0.25, 0.3) is 0 Å². The Bertz CT molecular complexity index is 523. The summed E-state index contributed by atoms with van der Waals surface area (Å²) in [7, 11) is 0. The van der Waals surface area contributed by atoms with E-state index in [0.717, 1.165) is 11.3 Å². The highest BCUT2D eigenvalue weighted by atomic mass is 16.5. The van der Waals surface area contributed by atoms with Crippen molar-refractivity contribution in [3.05, 3.63) is 60.2 Å². The third kappa shape index (κ3) is 4.00. The summed E-state index contributed by atoms with van der Waals surface area (Å²) in [5, 5.41) is 10.3. The molecular formula is C17H20O3. The number of rotatable bonds is 6. The summed E-state index contributed by atoms with van der Waals surface area (Å²) in [6.45, 7) is 4.12. The second kappa shape index (κ2) is 6.96. The standard InChI is InChI=1S/C17H20O3/c1-13(2)20-17-11-7-6-10-15(17)16(18)12-19-14-8-4-3-5-9-14/h3-11,13,16,18H,12H2,1-2H3. The minimum absolute atomic E-state index is 0.0680. The highest BCUT2D eigenvalue weighted by molar-refractivity contribution is 5.35. The smallest absolute Gasteiger partial charge is 0.125 e. The van der Waals surface area contributed by atoms with Crippen LogP contribution in [0, 0.1) is 0 Å². The molecule has 0 bridgehead atoms. The van der Waals surface area contributed by atoms with Gasteiger partial charge in [0, 0.05) is 5.56 Å². The Morgan fingerprint density at radius 2 is 1.60 bits per heavy atom. The zero-order chi connectivity index (χ0) is 14.4. The molecular weight excluding hydrogens is 252 g/mol. The van der Waals surface area contributed by atoms with Gasteiger partial charge in [0.2, 0.25) is 0 Å². The van der Waals surface area contributed by atoms with Gasteiger partial charge in [-0.3, -0.25) is 0 Å².